The molecule has 0 aromatic heterocycles. The van der Waals surface area contributed by atoms with Gasteiger partial charge in [-0.2, -0.15) is 0 Å². The van der Waals surface area contributed by atoms with Gasteiger partial charge < -0.3 is 15.0 Å². The van der Waals surface area contributed by atoms with Gasteiger partial charge in [0, 0.05) is 24.8 Å². The number of nitrogens with one attached hydrogen (secondary N) is 1. The molecule has 0 saturated heterocycles. The van der Waals surface area contributed by atoms with Crippen LogP contribution in [0.2, 0.25) is 0 Å². The van der Waals surface area contributed by atoms with Crippen LogP contribution < -0.4 is 15.0 Å². The molecule has 0 radical (unpaired) electrons. The van der Waals surface area contributed by atoms with Crippen molar-refractivity contribution < 1.29 is 13.9 Å². The predicted octanol–water partition coefficient (Wildman–Crippen LogP) is 2.19. The lowest BCUT2D eigenvalue weighted by atomic mass is 10.2. The average Bonchev–Trinajstić information content (AvgIpc) is 2.37. The minimum absolute atomic E-state index is 0.114. The molecule has 0 aliphatic carbocycles. The van der Waals surface area contributed by atoms with E-state index in [1.54, 1.807) is 20.0 Å². The smallest absolute Gasteiger partial charge is 0.240 e. The van der Waals surface area contributed by atoms with E-state index in [0.29, 0.717) is 12.3 Å². The number of benzene rings is 1. The molecule has 0 fully saturated rings. The van der Waals surface area contributed by atoms with Gasteiger partial charge in [-0.25, -0.2) is 4.39 Å². The zero-order chi connectivity index (χ0) is 14.4. The Hall–Kier alpha value is -1.62. The molecule has 0 bridgehead atoms. The van der Waals surface area contributed by atoms with Gasteiger partial charge in [0.2, 0.25) is 5.91 Å². The van der Waals surface area contributed by atoms with Crippen molar-refractivity contribution in [3.8, 4) is 5.75 Å². The Bertz CT molecular complexity index is 435. The van der Waals surface area contributed by atoms with Gasteiger partial charge >= 0.3 is 0 Å². The van der Waals surface area contributed by atoms with E-state index in [1.165, 1.54) is 17.0 Å². The van der Waals surface area contributed by atoms with Crippen LogP contribution in [-0.4, -0.2) is 32.1 Å². The first kappa shape index (κ1) is 15.4. The molecule has 1 N–H and O–H groups in total. The van der Waals surface area contributed by atoms with Gasteiger partial charge in [-0.05, 0) is 19.1 Å². The highest BCUT2D eigenvalue weighted by molar-refractivity contribution is 5.94. The molecule has 0 unspecified atom stereocenters. The summed E-state index contributed by atoms with van der Waals surface area (Å²) in [7, 11) is 1.62. The number of ether oxygens (including phenoxy) is 1. The lowest BCUT2D eigenvalue weighted by Crippen LogP contribution is -2.38. The monoisotopic (exact) mass is 268 g/mol. The van der Waals surface area contributed by atoms with Crippen LogP contribution in [0.4, 0.5) is 10.1 Å². The number of amides is 1. The van der Waals surface area contributed by atoms with E-state index in [2.05, 4.69) is 5.32 Å². The highest BCUT2D eigenvalue weighted by Gasteiger charge is 2.13. The summed E-state index contributed by atoms with van der Waals surface area (Å²) in [6, 6.07) is 4.74. The third-order valence-electron chi connectivity index (χ3n) is 2.64. The quantitative estimate of drug-likeness (QED) is 0.860. The summed E-state index contributed by atoms with van der Waals surface area (Å²) in [4.78, 5) is 13.3. The Morgan fingerprint density at radius 3 is 2.68 bits per heavy atom. The van der Waals surface area contributed by atoms with Gasteiger partial charge in [0.1, 0.15) is 0 Å². The molecule has 0 aliphatic rings. The fourth-order valence-corrected chi connectivity index (χ4v) is 1.52. The molecule has 1 aromatic rings. The summed E-state index contributed by atoms with van der Waals surface area (Å²) in [5.41, 5.74) is 0.511. The summed E-state index contributed by atoms with van der Waals surface area (Å²) in [6.45, 7) is 6.35. The molecule has 5 heteroatoms. The number of anilines is 1. The Balaban J connectivity index is 2.74. The highest BCUT2D eigenvalue weighted by atomic mass is 19.1. The van der Waals surface area contributed by atoms with E-state index < -0.39 is 5.82 Å². The largest absolute Gasteiger partial charge is 0.491 e. The maximum Gasteiger partial charge on any atom is 0.240 e. The summed E-state index contributed by atoms with van der Waals surface area (Å²) in [5.74, 6) is -0.375. The minimum atomic E-state index is -0.462. The van der Waals surface area contributed by atoms with E-state index in [4.69, 9.17) is 4.74 Å². The molecule has 1 amide bonds. The van der Waals surface area contributed by atoms with Gasteiger partial charge in [-0.3, -0.25) is 4.79 Å². The number of hydrogen-bond donors (Lipinski definition) is 1. The molecule has 19 heavy (non-hydrogen) atoms. The Morgan fingerprint density at radius 1 is 1.47 bits per heavy atom. The SMILES string of the molecule is CCOc1ccc(N(C)C(=O)CNC(C)C)cc1F. The second-order valence-corrected chi connectivity index (χ2v) is 4.54. The van der Waals surface area contributed by atoms with Gasteiger partial charge in [-0.1, -0.05) is 13.8 Å². The van der Waals surface area contributed by atoms with Gasteiger partial charge in [-0.15, -0.1) is 0 Å². The molecule has 0 heterocycles. The first-order valence-electron chi connectivity index (χ1n) is 6.38. The maximum absolute atomic E-state index is 13.7. The van der Waals surface area contributed by atoms with Crippen molar-refractivity contribution in [2.24, 2.45) is 0 Å². The van der Waals surface area contributed by atoms with E-state index in [0.717, 1.165) is 0 Å². The van der Waals surface area contributed by atoms with Gasteiger partial charge in [0.25, 0.3) is 0 Å². The lowest BCUT2D eigenvalue weighted by Gasteiger charge is -2.19. The number of carbonyl (C=O) groups is 1. The fourth-order valence-electron chi connectivity index (χ4n) is 1.52. The Labute approximate surface area is 113 Å². The van der Waals surface area contributed by atoms with Crippen molar-refractivity contribution in [3.63, 3.8) is 0 Å². The van der Waals surface area contributed by atoms with Crippen molar-refractivity contribution in [1.82, 2.24) is 5.32 Å². The average molecular weight is 268 g/mol. The minimum Gasteiger partial charge on any atom is -0.491 e. The lowest BCUT2D eigenvalue weighted by molar-refractivity contribution is -0.117. The molecule has 4 nitrogen and oxygen atoms in total. The number of rotatable bonds is 6. The van der Waals surface area contributed by atoms with Crippen molar-refractivity contribution >= 4 is 11.6 Å². The van der Waals surface area contributed by atoms with Crippen LogP contribution in [0.1, 0.15) is 20.8 Å². The fraction of sp³-hybridized carbons (Fsp3) is 0.500. The zero-order valence-corrected chi connectivity index (χ0v) is 11.9. The van der Waals surface area contributed by atoms with Crippen LogP contribution in [0.5, 0.6) is 5.75 Å². The third-order valence-corrected chi connectivity index (χ3v) is 2.64. The number of carbonyl (C=O) groups excluding carboxylic acids is 1. The van der Waals surface area contributed by atoms with Crippen LogP contribution in [0, 0.1) is 5.82 Å². The molecule has 0 saturated carbocycles. The van der Waals surface area contributed by atoms with Crippen LogP contribution in [0.25, 0.3) is 0 Å². The molecule has 106 valence electrons. The molecule has 0 spiro atoms. The number of nitrogens with zero attached hydrogens (tertiary/aromatic N) is 1. The Kier molecular flexibility index (Phi) is 5.76. The molecule has 1 aromatic carbocycles. The molecular weight excluding hydrogens is 247 g/mol. The summed E-state index contributed by atoms with van der Waals surface area (Å²) >= 11 is 0. The summed E-state index contributed by atoms with van der Waals surface area (Å²) in [5, 5.41) is 3.03. The first-order valence-corrected chi connectivity index (χ1v) is 6.38. The third kappa shape index (κ3) is 4.52. The molecular formula is C14H21FN2O2. The zero-order valence-electron chi connectivity index (χ0n) is 11.9. The van der Waals surface area contributed by atoms with E-state index >= 15 is 0 Å². The van der Waals surface area contributed by atoms with E-state index in [9.17, 15) is 9.18 Å². The highest BCUT2D eigenvalue weighted by Crippen LogP contribution is 2.23. The number of halogens is 1. The second kappa shape index (κ2) is 7.09. The number of likely N-dealkylation sites (N-methyl/N-ethyl adjacent to an activating group) is 1. The van der Waals surface area contributed by atoms with Crippen LogP contribution in [0.15, 0.2) is 18.2 Å². The second-order valence-electron chi connectivity index (χ2n) is 4.54. The van der Waals surface area contributed by atoms with Gasteiger partial charge in [0.15, 0.2) is 11.6 Å². The van der Waals surface area contributed by atoms with Crippen molar-refractivity contribution in [2.75, 3.05) is 25.1 Å². The molecule has 0 aliphatic heterocycles. The van der Waals surface area contributed by atoms with Crippen LogP contribution in [-0.2, 0) is 4.79 Å². The molecule has 0 atom stereocenters. The summed E-state index contributed by atoms with van der Waals surface area (Å²) in [6.07, 6.45) is 0. The number of hydrogen-bond acceptors (Lipinski definition) is 3. The maximum atomic E-state index is 13.7. The summed E-state index contributed by atoms with van der Waals surface area (Å²) < 4.78 is 18.8. The van der Waals surface area contributed by atoms with Crippen molar-refractivity contribution in [1.29, 1.82) is 0 Å². The topological polar surface area (TPSA) is 41.6 Å². The Morgan fingerprint density at radius 2 is 2.16 bits per heavy atom. The van der Waals surface area contributed by atoms with Crippen molar-refractivity contribution in [3.05, 3.63) is 24.0 Å². The predicted molar refractivity (Wildman–Crippen MR) is 74.1 cm³/mol. The van der Waals surface area contributed by atoms with Gasteiger partial charge in [0.05, 0.1) is 13.2 Å². The molecule has 1 rings (SSSR count). The first-order chi connectivity index (χ1) is 8.95. The van der Waals surface area contributed by atoms with Crippen molar-refractivity contribution in [2.45, 2.75) is 26.8 Å². The van der Waals surface area contributed by atoms with E-state index in [1.807, 2.05) is 13.8 Å². The van der Waals surface area contributed by atoms with Crippen LogP contribution >= 0.6 is 0 Å². The van der Waals surface area contributed by atoms with E-state index in [-0.39, 0.29) is 24.2 Å². The van der Waals surface area contributed by atoms with Crippen LogP contribution in [0.3, 0.4) is 0 Å². The normalized spacial score (nSPS) is 10.6. The standard InChI is InChI=1S/C14H21FN2O2/c1-5-19-13-7-6-11(8-12(13)15)17(4)14(18)9-16-10(2)3/h6-8,10,16H,5,9H2,1-4H3.